The van der Waals surface area contributed by atoms with Crippen molar-refractivity contribution in [1.82, 2.24) is 0 Å². The lowest BCUT2D eigenvalue weighted by Gasteiger charge is -2.16. The lowest BCUT2D eigenvalue weighted by Crippen LogP contribution is -2.30. The number of hydrogen-bond donors (Lipinski definition) is 2. The third-order valence-corrected chi connectivity index (χ3v) is 4.10. The predicted molar refractivity (Wildman–Crippen MR) is 72.6 cm³/mol. The van der Waals surface area contributed by atoms with E-state index >= 15 is 0 Å². The molecule has 1 amide bonds. The SMILES string of the molecule is CCC1C[C@H](C(=O)Nc2c(F)cccc2F)[C@H](C(=O)O)C1. The quantitative estimate of drug-likeness (QED) is 0.897. The summed E-state index contributed by atoms with van der Waals surface area (Å²) in [7, 11) is 0. The van der Waals surface area contributed by atoms with E-state index in [9.17, 15) is 23.5 Å². The molecule has 6 heteroatoms. The average molecular weight is 297 g/mol. The van der Waals surface area contributed by atoms with Gasteiger partial charge in [0.25, 0.3) is 0 Å². The van der Waals surface area contributed by atoms with Crippen LogP contribution in [0, 0.1) is 29.4 Å². The predicted octanol–water partition coefficient (Wildman–Crippen LogP) is 3.04. The maximum atomic E-state index is 13.5. The number of carbonyl (C=O) groups excluding carboxylic acids is 1. The zero-order valence-electron chi connectivity index (χ0n) is 11.6. The summed E-state index contributed by atoms with van der Waals surface area (Å²) in [5.74, 6) is -4.84. The number of hydrogen-bond acceptors (Lipinski definition) is 2. The van der Waals surface area contributed by atoms with Gasteiger partial charge in [-0.3, -0.25) is 9.59 Å². The van der Waals surface area contributed by atoms with Crippen molar-refractivity contribution in [3.63, 3.8) is 0 Å². The molecule has 1 unspecified atom stereocenters. The molecule has 1 fully saturated rings. The third-order valence-electron chi connectivity index (χ3n) is 4.10. The number of carboxylic acids is 1. The highest BCUT2D eigenvalue weighted by Gasteiger charge is 2.42. The van der Waals surface area contributed by atoms with E-state index in [-0.39, 0.29) is 5.92 Å². The second kappa shape index (κ2) is 6.20. The van der Waals surface area contributed by atoms with Crippen molar-refractivity contribution in [1.29, 1.82) is 0 Å². The molecule has 0 radical (unpaired) electrons. The molecule has 0 bridgehead atoms. The van der Waals surface area contributed by atoms with Gasteiger partial charge in [-0.15, -0.1) is 0 Å². The highest BCUT2D eigenvalue weighted by atomic mass is 19.1. The van der Waals surface area contributed by atoms with Crippen LogP contribution in [0.4, 0.5) is 14.5 Å². The van der Waals surface area contributed by atoms with Gasteiger partial charge in [0.1, 0.15) is 17.3 Å². The Hall–Kier alpha value is -1.98. The molecule has 0 aliphatic heterocycles. The van der Waals surface area contributed by atoms with Gasteiger partial charge >= 0.3 is 5.97 Å². The molecule has 0 aromatic heterocycles. The number of halogens is 2. The first-order chi connectivity index (χ1) is 9.93. The lowest BCUT2D eigenvalue weighted by molar-refractivity contribution is -0.145. The van der Waals surface area contributed by atoms with Crippen molar-refractivity contribution in [3.05, 3.63) is 29.8 Å². The minimum atomic E-state index is -1.04. The summed E-state index contributed by atoms with van der Waals surface area (Å²) in [4.78, 5) is 23.4. The van der Waals surface area contributed by atoms with Crippen LogP contribution in [0.2, 0.25) is 0 Å². The molecule has 1 aromatic rings. The van der Waals surface area contributed by atoms with Crippen LogP contribution in [0.5, 0.6) is 0 Å². The Kier molecular flexibility index (Phi) is 4.55. The molecule has 1 aliphatic carbocycles. The van der Waals surface area contributed by atoms with E-state index in [0.717, 1.165) is 18.6 Å². The summed E-state index contributed by atoms with van der Waals surface area (Å²) in [5, 5.41) is 11.4. The Morgan fingerprint density at radius 1 is 1.24 bits per heavy atom. The van der Waals surface area contributed by atoms with Gasteiger partial charge in [-0.25, -0.2) is 8.78 Å². The van der Waals surface area contributed by atoms with Crippen LogP contribution in [0.15, 0.2) is 18.2 Å². The van der Waals surface area contributed by atoms with E-state index in [1.165, 1.54) is 6.07 Å². The first kappa shape index (κ1) is 15.4. The van der Waals surface area contributed by atoms with Gasteiger partial charge in [0, 0.05) is 0 Å². The molecule has 1 aromatic carbocycles. The second-order valence-corrected chi connectivity index (χ2v) is 5.38. The van der Waals surface area contributed by atoms with Crippen LogP contribution in [0.3, 0.4) is 0 Å². The van der Waals surface area contributed by atoms with E-state index in [1.54, 1.807) is 0 Å². The number of anilines is 1. The molecule has 1 aliphatic rings. The summed E-state index contributed by atoms with van der Waals surface area (Å²) in [6.45, 7) is 1.93. The molecule has 3 atom stereocenters. The fourth-order valence-electron chi connectivity index (χ4n) is 2.87. The number of amides is 1. The Labute approximate surface area is 121 Å². The fourth-order valence-corrected chi connectivity index (χ4v) is 2.87. The number of para-hydroxylation sites is 1. The second-order valence-electron chi connectivity index (χ2n) is 5.38. The number of benzene rings is 1. The molecule has 0 heterocycles. The molecule has 2 rings (SSSR count). The number of rotatable bonds is 4. The van der Waals surface area contributed by atoms with E-state index in [2.05, 4.69) is 5.32 Å². The minimum absolute atomic E-state index is 0.146. The third kappa shape index (κ3) is 3.20. The van der Waals surface area contributed by atoms with Gasteiger partial charge in [-0.2, -0.15) is 0 Å². The van der Waals surface area contributed by atoms with Crippen LogP contribution in [0.25, 0.3) is 0 Å². The molecule has 1 saturated carbocycles. The summed E-state index contributed by atoms with van der Waals surface area (Å²) >= 11 is 0. The fraction of sp³-hybridized carbons (Fsp3) is 0.467. The van der Waals surface area contributed by atoms with Crippen molar-refractivity contribution in [2.24, 2.45) is 17.8 Å². The highest BCUT2D eigenvalue weighted by Crippen LogP contribution is 2.39. The number of aliphatic carboxylic acids is 1. The maximum Gasteiger partial charge on any atom is 0.307 e. The lowest BCUT2D eigenvalue weighted by atomic mass is 9.95. The van der Waals surface area contributed by atoms with Crippen LogP contribution in [0.1, 0.15) is 26.2 Å². The normalized spacial score (nSPS) is 24.8. The number of nitrogens with one attached hydrogen (secondary N) is 1. The van der Waals surface area contributed by atoms with Gasteiger partial charge < -0.3 is 10.4 Å². The number of carboxylic acid groups (broad SMARTS) is 1. The summed E-state index contributed by atoms with van der Waals surface area (Å²) in [6, 6.07) is 3.27. The van der Waals surface area contributed by atoms with E-state index in [4.69, 9.17) is 0 Å². The molecule has 0 spiro atoms. The first-order valence-electron chi connectivity index (χ1n) is 6.91. The molecule has 0 saturated heterocycles. The standard InChI is InChI=1S/C15H17F2NO3/c1-2-8-6-9(10(7-8)15(20)21)14(19)18-13-11(16)4-3-5-12(13)17/h3-5,8-10H,2,6-7H2,1H3,(H,18,19)(H,20,21)/t8?,9-,10+/m0/s1. The van der Waals surface area contributed by atoms with Crippen LogP contribution >= 0.6 is 0 Å². The van der Waals surface area contributed by atoms with Crippen LogP contribution in [-0.4, -0.2) is 17.0 Å². The smallest absolute Gasteiger partial charge is 0.307 e. The zero-order valence-corrected chi connectivity index (χ0v) is 11.6. The number of carbonyl (C=O) groups is 2. The zero-order chi connectivity index (χ0) is 15.6. The highest BCUT2D eigenvalue weighted by molar-refractivity contribution is 5.95. The van der Waals surface area contributed by atoms with Gasteiger partial charge in [0.2, 0.25) is 5.91 Å². The summed E-state index contributed by atoms with van der Waals surface area (Å²) in [5.41, 5.74) is -0.522. The Morgan fingerprint density at radius 2 is 1.81 bits per heavy atom. The minimum Gasteiger partial charge on any atom is -0.481 e. The maximum absolute atomic E-state index is 13.5. The van der Waals surface area contributed by atoms with Crippen LogP contribution < -0.4 is 5.32 Å². The van der Waals surface area contributed by atoms with Gasteiger partial charge in [-0.1, -0.05) is 19.4 Å². The van der Waals surface area contributed by atoms with Crippen molar-refractivity contribution < 1.29 is 23.5 Å². The molecule has 21 heavy (non-hydrogen) atoms. The topological polar surface area (TPSA) is 66.4 Å². The summed E-state index contributed by atoms with van der Waals surface area (Å²) < 4.78 is 27.1. The van der Waals surface area contributed by atoms with Gasteiger partial charge in [-0.05, 0) is 30.9 Å². The Morgan fingerprint density at radius 3 is 2.33 bits per heavy atom. The summed E-state index contributed by atoms with van der Waals surface area (Å²) in [6.07, 6.45) is 1.63. The first-order valence-corrected chi connectivity index (χ1v) is 6.91. The monoisotopic (exact) mass is 297 g/mol. The molecular weight excluding hydrogens is 280 g/mol. The molecule has 2 N–H and O–H groups in total. The Balaban J connectivity index is 2.17. The molecular formula is C15H17F2NO3. The Bertz CT molecular complexity index is 542. The molecule has 114 valence electrons. The van der Waals surface area contributed by atoms with Gasteiger partial charge in [0.15, 0.2) is 0 Å². The van der Waals surface area contributed by atoms with Crippen LogP contribution in [-0.2, 0) is 9.59 Å². The van der Waals surface area contributed by atoms with Crippen molar-refractivity contribution in [2.45, 2.75) is 26.2 Å². The largest absolute Gasteiger partial charge is 0.481 e. The van der Waals surface area contributed by atoms with Crippen molar-refractivity contribution in [3.8, 4) is 0 Å². The van der Waals surface area contributed by atoms with Gasteiger partial charge in [0.05, 0.1) is 11.8 Å². The average Bonchev–Trinajstić information content (AvgIpc) is 2.87. The van der Waals surface area contributed by atoms with Crippen molar-refractivity contribution >= 4 is 17.6 Å². The van der Waals surface area contributed by atoms with Crippen molar-refractivity contribution in [2.75, 3.05) is 5.32 Å². The van der Waals surface area contributed by atoms with E-state index in [1.807, 2.05) is 6.92 Å². The van der Waals surface area contributed by atoms with E-state index < -0.39 is 41.0 Å². The molecule has 4 nitrogen and oxygen atoms in total. The van der Waals surface area contributed by atoms with E-state index in [0.29, 0.717) is 12.8 Å².